The van der Waals surface area contributed by atoms with E-state index < -0.39 is 23.2 Å². The number of hydrogen-bond acceptors (Lipinski definition) is 5. The van der Waals surface area contributed by atoms with Crippen molar-refractivity contribution in [2.24, 2.45) is 0 Å². The molecule has 1 aliphatic heterocycles. The standard InChI is InChI=1S/C22H25FN4O4/c1-22(21(30)25-15-8-4-5-9-15)12-26-13-24-17(20(29)31-2)18(26)19(28)27(22)11-14-7-3-6-10-16(14)23/h3,6-7,10,13,15H,4-5,8-9,11-12H2,1-2H3,(H,25,30)/t22-/m0/s1. The normalized spacial score (nSPS) is 21.1. The molecule has 8 nitrogen and oxygen atoms in total. The minimum atomic E-state index is -1.29. The van der Waals surface area contributed by atoms with Gasteiger partial charge < -0.3 is 19.5 Å². The van der Waals surface area contributed by atoms with Crippen LogP contribution in [0.2, 0.25) is 0 Å². The van der Waals surface area contributed by atoms with E-state index in [1.807, 2.05) is 0 Å². The van der Waals surface area contributed by atoms with Gasteiger partial charge in [0.15, 0.2) is 5.69 Å². The molecule has 2 heterocycles. The molecule has 4 rings (SSSR count). The monoisotopic (exact) mass is 428 g/mol. The smallest absolute Gasteiger partial charge is 0.359 e. The van der Waals surface area contributed by atoms with Crippen molar-refractivity contribution >= 4 is 17.8 Å². The number of nitrogens with zero attached hydrogens (tertiary/aromatic N) is 3. The molecule has 0 radical (unpaired) electrons. The number of nitrogens with one attached hydrogen (secondary N) is 1. The molecular formula is C22H25FN4O4. The fourth-order valence-corrected chi connectivity index (χ4v) is 4.39. The van der Waals surface area contributed by atoms with E-state index in [4.69, 9.17) is 4.74 Å². The van der Waals surface area contributed by atoms with Crippen molar-refractivity contribution < 1.29 is 23.5 Å². The summed E-state index contributed by atoms with van der Waals surface area (Å²) in [6, 6.07) is 6.18. The predicted octanol–water partition coefficient (Wildman–Crippen LogP) is 2.28. The summed E-state index contributed by atoms with van der Waals surface area (Å²) in [6.07, 6.45) is 5.25. The molecule has 2 amide bonds. The number of carbonyl (C=O) groups is 3. The lowest BCUT2D eigenvalue weighted by Crippen LogP contribution is -2.64. The van der Waals surface area contributed by atoms with Gasteiger partial charge in [0.2, 0.25) is 5.91 Å². The van der Waals surface area contributed by atoms with Gasteiger partial charge >= 0.3 is 5.97 Å². The Kier molecular flexibility index (Phi) is 5.51. The molecule has 2 aromatic rings. The Morgan fingerprint density at radius 3 is 2.68 bits per heavy atom. The summed E-state index contributed by atoms with van der Waals surface area (Å²) < 4.78 is 20.7. The van der Waals surface area contributed by atoms with Gasteiger partial charge in [-0.1, -0.05) is 31.0 Å². The first-order chi connectivity index (χ1) is 14.8. The quantitative estimate of drug-likeness (QED) is 0.738. The fraction of sp³-hybridized carbons (Fsp3) is 0.455. The Hall–Kier alpha value is -3.23. The third-order valence-corrected chi connectivity index (χ3v) is 6.20. The molecule has 1 aromatic carbocycles. The number of fused-ring (bicyclic) bond motifs is 1. The summed E-state index contributed by atoms with van der Waals surface area (Å²) in [5.74, 6) is -2.09. The van der Waals surface area contributed by atoms with Crippen molar-refractivity contribution in [2.45, 2.75) is 57.3 Å². The van der Waals surface area contributed by atoms with Crippen LogP contribution in [0.4, 0.5) is 4.39 Å². The third kappa shape index (κ3) is 3.68. The van der Waals surface area contributed by atoms with Crippen LogP contribution in [0, 0.1) is 5.82 Å². The van der Waals surface area contributed by atoms with E-state index in [0.29, 0.717) is 0 Å². The minimum absolute atomic E-state index is 0.0364. The van der Waals surface area contributed by atoms with Crippen molar-refractivity contribution in [2.75, 3.05) is 7.11 Å². The van der Waals surface area contributed by atoms with Crippen LogP contribution >= 0.6 is 0 Å². The van der Waals surface area contributed by atoms with Crippen LogP contribution in [0.15, 0.2) is 30.6 Å². The molecule has 0 bridgehead atoms. The molecule has 1 aliphatic carbocycles. The van der Waals surface area contributed by atoms with E-state index in [2.05, 4.69) is 10.3 Å². The first-order valence-corrected chi connectivity index (χ1v) is 10.3. The highest BCUT2D eigenvalue weighted by molar-refractivity contribution is 6.06. The Bertz CT molecular complexity index is 1030. The molecule has 2 aliphatic rings. The van der Waals surface area contributed by atoms with E-state index in [-0.39, 0.29) is 42.0 Å². The maximum absolute atomic E-state index is 14.4. The second-order valence-electron chi connectivity index (χ2n) is 8.27. The zero-order valence-corrected chi connectivity index (χ0v) is 17.6. The lowest BCUT2D eigenvalue weighted by atomic mass is 9.93. The van der Waals surface area contributed by atoms with E-state index >= 15 is 0 Å². The number of halogens is 1. The van der Waals surface area contributed by atoms with Crippen LogP contribution in [0.5, 0.6) is 0 Å². The average Bonchev–Trinajstić information content (AvgIpc) is 3.41. The summed E-state index contributed by atoms with van der Waals surface area (Å²) in [4.78, 5) is 44.4. The molecule has 1 saturated carbocycles. The summed E-state index contributed by atoms with van der Waals surface area (Å²) in [5.41, 5.74) is -1.09. The van der Waals surface area contributed by atoms with Crippen LogP contribution in [0.3, 0.4) is 0 Å². The van der Waals surface area contributed by atoms with E-state index in [1.165, 1.54) is 29.0 Å². The van der Waals surface area contributed by atoms with Gasteiger partial charge in [0.05, 0.1) is 26.5 Å². The molecule has 0 saturated heterocycles. The summed E-state index contributed by atoms with van der Waals surface area (Å²) in [7, 11) is 1.21. The second kappa shape index (κ2) is 8.13. The van der Waals surface area contributed by atoms with Crippen LogP contribution in [-0.2, 0) is 22.6 Å². The number of rotatable bonds is 5. The van der Waals surface area contributed by atoms with Gasteiger partial charge in [-0.05, 0) is 25.8 Å². The van der Waals surface area contributed by atoms with Crippen molar-refractivity contribution in [3.63, 3.8) is 0 Å². The minimum Gasteiger partial charge on any atom is -0.464 e. The molecule has 0 unspecified atom stereocenters. The third-order valence-electron chi connectivity index (χ3n) is 6.20. The van der Waals surface area contributed by atoms with Gasteiger partial charge in [-0.25, -0.2) is 14.2 Å². The number of amides is 2. The number of methoxy groups -OCH3 is 1. The van der Waals surface area contributed by atoms with Crippen molar-refractivity contribution in [1.82, 2.24) is 19.8 Å². The van der Waals surface area contributed by atoms with Gasteiger partial charge in [-0.15, -0.1) is 0 Å². The number of carbonyl (C=O) groups excluding carboxylic acids is 3. The Labute approximate surface area is 179 Å². The zero-order chi connectivity index (χ0) is 22.2. The number of benzene rings is 1. The van der Waals surface area contributed by atoms with Crippen LogP contribution in [0.1, 0.15) is 59.1 Å². The summed E-state index contributed by atoms with van der Waals surface area (Å²) in [6.45, 7) is 1.63. The molecule has 164 valence electrons. The number of aromatic nitrogens is 2. The molecule has 1 aromatic heterocycles. The van der Waals surface area contributed by atoms with Gasteiger partial charge in [-0.2, -0.15) is 0 Å². The zero-order valence-electron chi connectivity index (χ0n) is 17.6. The molecule has 1 N–H and O–H groups in total. The average molecular weight is 428 g/mol. The second-order valence-corrected chi connectivity index (χ2v) is 8.27. The lowest BCUT2D eigenvalue weighted by Gasteiger charge is -2.44. The molecule has 31 heavy (non-hydrogen) atoms. The Morgan fingerprint density at radius 2 is 2.00 bits per heavy atom. The Morgan fingerprint density at radius 1 is 1.29 bits per heavy atom. The van der Waals surface area contributed by atoms with E-state index in [1.54, 1.807) is 25.1 Å². The van der Waals surface area contributed by atoms with E-state index in [9.17, 15) is 18.8 Å². The molecule has 1 atom stereocenters. The SMILES string of the molecule is COC(=O)c1ncn2c1C(=O)N(Cc1ccccc1F)[C@](C)(C(=O)NC1CCCC1)C2. The van der Waals surface area contributed by atoms with Crippen molar-refractivity contribution in [3.8, 4) is 0 Å². The van der Waals surface area contributed by atoms with Crippen molar-refractivity contribution in [1.29, 1.82) is 0 Å². The molecule has 0 spiro atoms. The highest BCUT2D eigenvalue weighted by Gasteiger charge is 2.49. The van der Waals surface area contributed by atoms with Crippen LogP contribution in [-0.4, -0.2) is 50.9 Å². The van der Waals surface area contributed by atoms with Gasteiger partial charge in [0.1, 0.15) is 17.1 Å². The maximum Gasteiger partial charge on any atom is 0.359 e. The number of esters is 1. The van der Waals surface area contributed by atoms with E-state index in [0.717, 1.165) is 25.7 Å². The Balaban J connectivity index is 1.75. The van der Waals surface area contributed by atoms with Gasteiger partial charge in [-0.3, -0.25) is 9.59 Å². The van der Waals surface area contributed by atoms with Gasteiger partial charge in [0, 0.05) is 11.6 Å². The first kappa shape index (κ1) is 21.0. The number of ether oxygens (including phenoxy) is 1. The highest BCUT2D eigenvalue weighted by Crippen LogP contribution is 2.32. The highest BCUT2D eigenvalue weighted by atomic mass is 19.1. The molecule has 1 fully saturated rings. The fourth-order valence-electron chi connectivity index (χ4n) is 4.39. The number of imidazole rings is 1. The summed E-state index contributed by atoms with van der Waals surface area (Å²) >= 11 is 0. The van der Waals surface area contributed by atoms with Gasteiger partial charge in [0.25, 0.3) is 5.91 Å². The van der Waals surface area contributed by atoms with Crippen molar-refractivity contribution in [3.05, 3.63) is 53.4 Å². The topological polar surface area (TPSA) is 93.5 Å². The lowest BCUT2D eigenvalue weighted by molar-refractivity contribution is -0.134. The van der Waals surface area contributed by atoms with Crippen LogP contribution < -0.4 is 5.32 Å². The maximum atomic E-state index is 14.4. The summed E-state index contributed by atoms with van der Waals surface area (Å²) in [5, 5.41) is 3.06. The molecular weight excluding hydrogens is 403 g/mol. The first-order valence-electron chi connectivity index (χ1n) is 10.3. The predicted molar refractivity (Wildman–Crippen MR) is 109 cm³/mol. The molecule has 9 heteroatoms. The van der Waals surface area contributed by atoms with Crippen LogP contribution in [0.25, 0.3) is 0 Å². The largest absolute Gasteiger partial charge is 0.464 e. The number of hydrogen-bond donors (Lipinski definition) is 1.